The van der Waals surface area contributed by atoms with Gasteiger partial charge in [0, 0.05) is 31.4 Å². The van der Waals surface area contributed by atoms with Crippen LogP contribution >= 0.6 is 0 Å². The van der Waals surface area contributed by atoms with Gasteiger partial charge in [-0.15, -0.1) is 0 Å². The van der Waals surface area contributed by atoms with Crippen molar-refractivity contribution in [1.82, 2.24) is 15.1 Å². The van der Waals surface area contributed by atoms with Crippen molar-refractivity contribution in [2.24, 2.45) is 0 Å². The lowest BCUT2D eigenvalue weighted by Gasteiger charge is -2.30. The van der Waals surface area contributed by atoms with Gasteiger partial charge < -0.3 is 20.0 Å². The summed E-state index contributed by atoms with van der Waals surface area (Å²) in [5, 5.41) is 2.87. The van der Waals surface area contributed by atoms with E-state index in [4.69, 9.17) is 0 Å². The van der Waals surface area contributed by atoms with Gasteiger partial charge in [0.2, 0.25) is 5.91 Å². The molecule has 1 aromatic rings. The topological polar surface area (TPSA) is 55.9 Å². The third-order valence-electron chi connectivity index (χ3n) is 6.44. The minimum Gasteiger partial charge on any atom is -0.329 e. The minimum atomic E-state index is -0.0966. The number of hydrogen-bond donors (Lipinski definition) is 1. The molecule has 3 amide bonds. The van der Waals surface area contributed by atoms with E-state index in [1.807, 2.05) is 28.0 Å². The first kappa shape index (κ1) is 19.2. The highest BCUT2D eigenvalue weighted by atomic mass is 16.2. The monoisotopic (exact) mass is 384 g/mol. The number of benzene rings is 1. The van der Waals surface area contributed by atoms with Gasteiger partial charge in [0.1, 0.15) is 0 Å². The van der Waals surface area contributed by atoms with Crippen LogP contribution in [-0.2, 0) is 11.2 Å². The first-order valence-electron chi connectivity index (χ1n) is 10.9. The molecule has 1 aromatic carbocycles. The number of nitrogens with one attached hydrogen (secondary N) is 1. The van der Waals surface area contributed by atoms with E-state index in [0.717, 1.165) is 51.0 Å². The third-order valence-corrected chi connectivity index (χ3v) is 6.44. The summed E-state index contributed by atoms with van der Waals surface area (Å²) < 4.78 is 0. The fraction of sp³-hybridized carbons (Fsp3) is 0.636. The van der Waals surface area contributed by atoms with Crippen molar-refractivity contribution < 1.29 is 9.59 Å². The Hall–Kier alpha value is -2.08. The molecule has 0 saturated carbocycles. The zero-order chi connectivity index (χ0) is 19.3. The maximum atomic E-state index is 12.7. The lowest BCUT2D eigenvalue weighted by atomic mass is 10.0. The van der Waals surface area contributed by atoms with Gasteiger partial charge in [0.25, 0.3) is 0 Å². The highest BCUT2D eigenvalue weighted by Gasteiger charge is 2.27. The molecule has 0 aromatic heterocycles. The van der Waals surface area contributed by atoms with Gasteiger partial charge in [0.15, 0.2) is 0 Å². The van der Waals surface area contributed by atoms with Crippen LogP contribution < -0.4 is 10.2 Å². The van der Waals surface area contributed by atoms with E-state index in [2.05, 4.69) is 16.3 Å². The number of rotatable bonds is 3. The van der Waals surface area contributed by atoms with Crippen molar-refractivity contribution in [1.29, 1.82) is 0 Å². The molecule has 4 rings (SSSR count). The molecule has 0 spiro atoms. The second-order valence-electron chi connectivity index (χ2n) is 8.25. The molecule has 1 atom stereocenters. The van der Waals surface area contributed by atoms with E-state index in [1.54, 1.807) is 0 Å². The van der Waals surface area contributed by atoms with Gasteiger partial charge >= 0.3 is 6.03 Å². The second-order valence-corrected chi connectivity index (χ2v) is 8.25. The molecule has 2 fully saturated rings. The van der Waals surface area contributed by atoms with Crippen molar-refractivity contribution in [2.75, 3.05) is 44.2 Å². The zero-order valence-corrected chi connectivity index (χ0v) is 16.7. The number of urea groups is 1. The first-order valence-corrected chi connectivity index (χ1v) is 10.9. The molecule has 0 aliphatic carbocycles. The molecule has 6 heteroatoms. The Bertz CT molecular complexity index is 702. The summed E-state index contributed by atoms with van der Waals surface area (Å²) in [5.74, 6) is -0.0229. The molecule has 1 N–H and O–H groups in total. The van der Waals surface area contributed by atoms with Crippen molar-refractivity contribution >= 4 is 17.6 Å². The van der Waals surface area contributed by atoms with Gasteiger partial charge in [-0.1, -0.05) is 18.2 Å². The van der Waals surface area contributed by atoms with E-state index in [0.29, 0.717) is 6.04 Å². The Morgan fingerprint density at radius 1 is 0.929 bits per heavy atom. The fourth-order valence-corrected chi connectivity index (χ4v) is 4.90. The standard InChI is InChI=1S/C22H32N4O2/c27-21(26-15-5-8-18-7-1-2-10-20(18)26)17-23-22(28)25-14-6-9-19(11-16-25)24-12-3-4-13-24/h1-2,7,10,19H,3-6,8-9,11-17H2,(H,23,28). The number of carbonyl (C=O) groups is 2. The lowest BCUT2D eigenvalue weighted by Crippen LogP contribution is -2.47. The SMILES string of the molecule is O=C(NCC(=O)N1CCCc2ccccc21)N1CCCC(N2CCCC2)CC1. The van der Waals surface area contributed by atoms with Gasteiger partial charge in [0.05, 0.1) is 6.54 Å². The van der Waals surface area contributed by atoms with Crippen molar-refractivity contribution in [2.45, 2.75) is 51.0 Å². The molecular formula is C22H32N4O2. The van der Waals surface area contributed by atoms with Crippen LogP contribution in [-0.4, -0.2) is 67.0 Å². The van der Waals surface area contributed by atoms with Gasteiger partial charge in [-0.2, -0.15) is 0 Å². The Morgan fingerprint density at radius 3 is 2.61 bits per heavy atom. The van der Waals surface area contributed by atoms with E-state index in [9.17, 15) is 9.59 Å². The van der Waals surface area contributed by atoms with E-state index >= 15 is 0 Å². The number of para-hydroxylation sites is 1. The summed E-state index contributed by atoms with van der Waals surface area (Å²) in [5.41, 5.74) is 2.21. The minimum absolute atomic E-state index is 0.0229. The Labute approximate surface area is 167 Å². The molecule has 0 radical (unpaired) electrons. The van der Waals surface area contributed by atoms with Gasteiger partial charge in [-0.05, 0) is 69.7 Å². The molecule has 3 heterocycles. The van der Waals surface area contributed by atoms with Gasteiger partial charge in [-0.25, -0.2) is 4.79 Å². The second kappa shape index (κ2) is 8.95. The van der Waals surface area contributed by atoms with E-state index in [1.165, 1.54) is 37.9 Å². The van der Waals surface area contributed by atoms with Crippen LogP contribution in [0, 0.1) is 0 Å². The Kier molecular flexibility index (Phi) is 6.15. The van der Waals surface area contributed by atoms with E-state index < -0.39 is 0 Å². The van der Waals surface area contributed by atoms with Crippen LogP contribution in [0.5, 0.6) is 0 Å². The maximum absolute atomic E-state index is 12.7. The Balaban J connectivity index is 1.28. The molecule has 28 heavy (non-hydrogen) atoms. The molecular weight excluding hydrogens is 352 g/mol. The largest absolute Gasteiger partial charge is 0.329 e. The number of anilines is 1. The van der Waals surface area contributed by atoms with Crippen LogP contribution in [0.3, 0.4) is 0 Å². The molecule has 1 unspecified atom stereocenters. The van der Waals surface area contributed by atoms with Crippen molar-refractivity contribution in [3.05, 3.63) is 29.8 Å². The van der Waals surface area contributed by atoms with Crippen LogP contribution in [0.4, 0.5) is 10.5 Å². The third kappa shape index (κ3) is 4.32. The summed E-state index contributed by atoms with van der Waals surface area (Å²) >= 11 is 0. The summed E-state index contributed by atoms with van der Waals surface area (Å²) in [4.78, 5) is 31.7. The maximum Gasteiger partial charge on any atom is 0.317 e. The normalized spacial score (nSPS) is 23.2. The summed E-state index contributed by atoms with van der Waals surface area (Å²) in [6.07, 6.45) is 7.86. The zero-order valence-electron chi connectivity index (χ0n) is 16.7. The predicted molar refractivity (Wildman–Crippen MR) is 111 cm³/mol. The fourth-order valence-electron chi connectivity index (χ4n) is 4.90. The average molecular weight is 385 g/mol. The van der Waals surface area contributed by atoms with Crippen LogP contribution in [0.15, 0.2) is 24.3 Å². The highest BCUT2D eigenvalue weighted by molar-refractivity contribution is 5.97. The number of aryl methyl sites for hydroxylation is 1. The average Bonchev–Trinajstić information content (AvgIpc) is 3.16. The smallest absolute Gasteiger partial charge is 0.317 e. The molecule has 3 aliphatic heterocycles. The summed E-state index contributed by atoms with van der Waals surface area (Å²) in [7, 11) is 0. The van der Waals surface area contributed by atoms with Gasteiger partial charge in [-0.3, -0.25) is 4.79 Å². The highest BCUT2D eigenvalue weighted by Crippen LogP contribution is 2.26. The number of likely N-dealkylation sites (tertiary alicyclic amines) is 2. The quantitative estimate of drug-likeness (QED) is 0.872. The predicted octanol–water partition coefficient (Wildman–Crippen LogP) is 2.63. The van der Waals surface area contributed by atoms with Crippen LogP contribution in [0.25, 0.3) is 0 Å². The molecule has 6 nitrogen and oxygen atoms in total. The molecule has 2 saturated heterocycles. The lowest BCUT2D eigenvalue weighted by molar-refractivity contribution is -0.117. The Morgan fingerprint density at radius 2 is 1.75 bits per heavy atom. The van der Waals surface area contributed by atoms with Crippen LogP contribution in [0.2, 0.25) is 0 Å². The van der Waals surface area contributed by atoms with Crippen molar-refractivity contribution in [3.63, 3.8) is 0 Å². The molecule has 0 bridgehead atoms. The van der Waals surface area contributed by atoms with Crippen LogP contribution in [0.1, 0.15) is 44.1 Å². The number of carbonyl (C=O) groups excluding carboxylic acids is 2. The molecule has 152 valence electrons. The number of amides is 3. The first-order chi connectivity index (χ1) is 13.7. The summed E-state index contributed by atoms with van der Waals surface area (Å²) in [6, 6.07) is 8.59. The number of nitrogens with zero attached hydrogens (tertiary/aromatic N) is 3. The van der Waals surface area contributed by atoms with E-state index in [-0.39, 0.29) is 18.5 Å². The van der Waals surface area contributed by atoms with Crippen molar-refractivity contribution in [3.8, 4) is 0 Å². The summed E-state index contributed by atoms with van der Waals surface area (Å²) in [6.45, 7) is 4.79. The molecule has 3 aliphatic rings. The number of fused-ring (bicyclic) bond motifs is 1. The number of hydrogen-bond acceptors (Lipinski definition) is 3.